The number of hydrogen-bond acceptors (Lipinski definition) is 4. The average Bonchev–Trinajstić information content (AvgIpc) is 2.52. The molecular formula is C19H28N2O3. The normalized spacial score (nSPS) is 21.2. The average molecular weight is 332 g/mol. The highest BCUT2D eigenvalue weighted by Crippen LogP contribution is 2.33. The molecule has 1 heterocycles. The number of carbonyl (C=O) groups excluding carboxylic acids is 2. The van der Waals surface area contributed by atoms with Crippen molar-refractivity contribution >= 4 is 11.9 Å². The second-order valence-corrected chi connectivity index (χ2v) is 7.30. The molecule has 2 atom stereocenters. The third-order valence-electron chi connectivity index (χ3n) is 4.63. The fourth-order valence-corrected chi connectivity index (χ4v) is 3.39. The SMILES string of the molecule is C[C@H](N)C(=O)N1CCC(CC(=O)OCc2ccccc2)CC1(C)C. The molecule has 0 saturated carbocycles. The van der Waals surface area contributed by atoms with Gasteiger partial charge < -0.3 is 15.4 Å². The van der Waals surface area contributed by atoms with Gasteiger partial charge in [0.15, 0.2) is 0 Å². The number of carbonyl (C=O) groups is 2. The molecular weight excluding hydrogens is 304 g/mol. The van der Waals surface area contributed by atoms with Crippen LogP contribution >= 0.6 is 0 Å². The van der Waals surface area contributed by atoms with Crippen molar-refractivity contribution in [1.29, 1.82) is 0 Å². The predicted molar refractivity (Wildman–Crippen MR) is 93.0 cm³/mol. The maximum Gasteiger partial charge on any atom is 0.306 e. The van der Waals surface area contributed by atoms with Gasteiger partial charge in [0.25, 0.3) is 0 Å². The van der Waals surface area contributed by atoms with Gasteiger partial charge in [0.1, 0.15) is 6.61 Å². The summed E-state index contributed by atoms with van der Waals surface area (Å²) in [6, 6.07) is 9.18. The first kappa shape index (κ1) is 18.5. The molecule has 0 aliphatic carbocycles. The highest BCUT2D eigenvalue weighted by molar-refractivity contribution is 5.82. The standard InChI is InChI=1S/C19H28N2O3/c1-14(20)18(23)21-10-9-16(12-19(21,2)3)11-17(22)24-13-15-7-5-4-6-8-15/h4-8,14,16H,9-13,20H2,1-3H3/t14-,16?/m0/s1. The molecule has 1 saturated heterocycles. The van der Waals surface area contributed by atoms with E-state index < -0.39 is 6.04 Å². The molecule has 0 radical (unpaired) electrons. The molecule has 5 nitrogen and oxygen atoms in total. The van der Waals surface area contributed by atoms with E-state index in [1.807, 2.05) is 49.1 Å². The minimum absolute atomic E-state index is 0.0231. The monoisotopic (exact) mass is 332 g/mol. The quantitative estimate of drug-likeness (QED) is 0.841. The van der Waals surface area contributed by atoms with E-state index in [9.17, 15) is 9.59 Å². The molecule has 1 aromatic rings. The third-order valence-corrected chi connectivity index (χ3v) is 4.63. The van der Waals surface area contributed by atoms with Crippen molar-refractivity contribution in [2.24, 2.45) is 11.7 Å². The number of nitrogens with two attached hydrogens (primary N) is 1. The van der Waals surface area contributed by atoms with Crippen molar-refractivity contribution in [3.8, 4) is 0 Å². The van der Waals surface area contributed by atoms with Gasteiger partial charge in [-0.1, -0.05) is 30.3 Å². The Morgan fingerprint density at radius 3 is 2.58 bits per heavy atom. The highest BCUT2D eigenvalue weighted by Gasteiger charge is 2.38. The number of ether oxygens (including phenoxy) is 1. The van der Waals surface area contributed by atoms with Gasteiger partial charge in [-0.2, -0.15) is 0 Å². The molecule has 132 valence electrons. The van der Waals surface area contributed by atoms with Gasteiger partial charge >= 0.3 is 5.97 Å². The summed E-state index contributed by atoms with van der Waals surface area (Å²) in [4.78, 5) is 26.2. The predicted octanol–water partition coefficient (Wildman–Crippen LogP) is 2.48. The van der Waals surface area contributed by atoms with Gasteiger partial charge in [-0.15, -0.1) is 0 Å². The van der Waals surface area contributed by atoms with Crippen molar-refractivity contribution in [3.63, 3.8) is 0 Å². The number of rotatable bonds is 5. The second-order valence-electron chi connectivity index (χ2n) is 7.30. The lowest BCUT2D eigenvalue weighted by Crippen LogP contribution is -2.56. The molecule has 1 fully saturated rings. The zero-order valence-electron chi connectivity index (χ0n) is 14.8. The minimum Gasteiger partial charge on any atom is -0.461 e. The van der Waals surface area contributed by atoms with Crippen molar-refractivity contribution in [3.05, 3.63) is 35.9 Å². The summed E-state index contributed by atoms with van der Waals surface area (Å²) in [6.45, 7) is 6.74. The summed E-state index contributed by atoms with van der Waals surface area (Å²) in [5, 5.41) is 0. The van der Waals surface area contributed by atoms with E-state index in [0.717, 1.165) is 18.4 Å². The Balaban J connectivity index is 1.84. The van der Waals surface area contributed by atoms with Crippen LogP contribution < -0.4 is 5.73 Å². The van der Waals surface area contributed by atoms with Crippen LogP contribution in [0, 0.1) is 5.92 Å². The van der Waals surface area contributed by atoms with E-state index in [-0.39, 0.29) is 23.3 Å². The van der Waals surface area contributed by atoms with Crippen LogP contribution in [0.25, 0.3) is 0 Å². The van der Waals surface area contributed by atoms with Gasteiger partial charge in [-0.3, -0.25) is 9.59 Å². The van der Waals surface area contributed by atoms with Crippen LogP contribution in [0.3, 0.4) is 0 Å². The molecule has 5 heteroatoms. The van der Waals surface area contributed by atoms with Crippen LogP contribution in [0.15, 0.2) is 30.3 Å². The van der Waals surface area contributed by atoms with E-state index in [0.29, 0.717) is 19.6 Å². The number of benzene rings is 1. The molecule has 0 bridgehead atoms. The number of esters is 1. The topological polar surface area (TPSA) is 72.6 Å². The number of likely N-dealkylation sites (tertiary alicyclic amines) is 1. The first-order chi connectivity index (χ1) is 11.3. The zero-order chi connectivity index (χ0) is 17.7. The van der Waals surface area contributed by atoms with Crippen LogP contribution in [0.2, 0.25) is 0 Å². The summed E-state index contributed by atoms with van der Waals surface area (Å²) < 4.78 is 5.37. The fourth-order valence-electron chi connectivity index (χ4n) is 3.39. The van der Waals surface area contributed by atoms with Crippen molar-refractivity contribution < 1.29 is 14.3 Å². The molecule has 2 N–H and O–H groups in total. The molecule has 1 aromatic carbocycles. The Morgan fingerprint density at radius 2 is 2.00 bits per heavy atom. The van der Waals surface area contributed by atoms with Crippen LogP contribution in [-0.4, -0.2) is 34.9 Å². The Hall–Kier alpha value is -1.88. The van der Waals surface area contributed by atoms with Crippen LogP contribution in [0.4, 0.5) is 0 Å². The number of amides is 1. The molecule has 1 unspecified atom stereocenters. The van der Waals surface area contributed by atoms with E-state index in [2.05, 4.69) is 0 Å². The number of nitrogens with zero attached hydrogens (tertiary/aromatic N) is 1. The summed E-state index contributed by atoms with van der Waals surface area (Å²) in [5.41, 5.74) is 6.44. The largest absolute Gasteiger partial charge is 0.461 e. The fraction of sp³-hybridized carbons (Fsp3) is 0.579. The number of piperidine rings is 1. The van der Waals surface area contributed by atoms with E-state index in [1.165, 1.54) is 0 Å². The Labute approximate surface area is 144 Å². The van der Waals surface area contributed by atoms with Crippen LogP contribution in [0.5, 0.6) is 0 Å². The molecule has 0 spiro atoms. The molecule has 24 heavy (non-hydrogen) atoms. The summed E-state index contributed by atoms with van der Waals surface area (Å²) in [6.07, 6.45) is 1.99. The smallest absolute Gasteiger partial charge is 0.306 e. The van der Waals surface area contributed by atoms with Gasteiger partial charge in [-0.05, 0) is 45.1 Å². The Morgan fingerprint density at radius 1 is 1.33 bits per heavy atom. The number of hydrogen-bond donors (Lipinski definition) is 1. The van der Waals surface area contributed by atoms with E-state index in [4.69, 9.17) is 10.5 Å². The van der Waals surface area contributed by atoms with Crippen molar-refractivity contribution in [1.82, 2.24) is 4.90 Å². The second kappa shape index (κ2) is 7.79. The van der Waals surface area contributed by atoms with Gasteiger partial charge in [0.2, 0.25) is 5.91 Å². The first-order valence-electron chi connectivity index (χ1n) is 8.56. The van der Waals surface area contributed by atoms with E-state index in [1.54, 1.807) is 6.92 Å². The maximum absolute atomic E-state index is 12.2. The third kappa shape index (κ3) is 4.81. The molecule has 1 amide bonds. The van der Waals surface area contributed by atoms with Crippen molar-refractivity contribution in [2.45, 2.75) is 58.2 Å². The summed E-state index contributed by atoms with van der Waals surface area (Å²) in [7, 11) is 0. The van der Waals surface area contributed by atoms with Crippen molar-refractivity contribution in [2.75, 3.05) is 6.54 Å². The van der Waals surface area contributed by atoms with Gasteiger partial charge in [-0.25, -0.2) is 0 Å². The molecule has 1 aliphatic rings. The van der Waals surface area contributed by atoms with E-state index >= 15 is 0 Å². The lowest BCUT2D eigenvalue weighted by molar-refractivity contribution is -0.148. The molecule has 1 aliphatic heterocycles. The van der Waals surface area contributed by atoms with Crippen LogP contribution in [0.1, 0.15) is 45.6 Å². The Kier molecular flexibility index (Phi) is 5.99. The zero-order valence-corrected chi connectivity index (χ0v) is 14.8. The van der Waals surface area contributed by atoms with Gasteiger partial charge in [0, 0.05) is 18.5 Å². The lowest BCUT2D eigenvalue weighted by Gasteiger charge is -2.46. The Bertz CT molecular complexity index is 569. The first-order valence-corrected chi connectivity index (χ1v) is 8.56. The van der Waals surface area contributed by atoms with Gasteiger partial charge in [0.05, 0.1) is 6.04 Å². The van der Waals surface area contributed by atoms with Crippen LogP contribution in [-0.2, 0) is 20.9 Å². The molecule has 0 aromatic heterocycles. The minimum atomic E-state index is -0.489. The lowest BCUT2D eigenvalue weighted by atomic mass is 9.80. The highest BCUT2D eigenvalue weighted by atomic mass is 16.5. The molecule has 2 rings (SSSR count). The maximum atomic E-state index is 12.2. The summed E-state index contributed by atoms with van der Waals surface area (Å²) >= 11 is 0. The summed E-state index contributed by atoms with van der Waals surface area (Å²) in [5.74, 6) is 0.0390.